The maximum atomic E-state index is 13.1. The lowest BCUT2D eigenvalue weighted by Gasteiger charge is -2.22. The topological polar surface area (TPSA) is 71.8 Å². The molecule has 0 saturated carbocycles. The summed E-state index contributed by atoms with van der Waals surface area (Å²) in [4.78, 5) is 26.9. The number of benzene rings is 2. The van der Waals surface area contributed by atoms with Crippen molar-refractivity contribution in [2.45, 2.75) is 58.3 Å². The van der Waals surface area contributed by atoms with Gasteiger partial charge in [0.25, 0.3) is 5.91 Å². The quantitative estimate of drug-likeness (QED) is 0.240. The molecular weight excluding hydrogens is 440 g/mol. The summed E-state index contributed by atoms with van der Waals surface area (Å²) >= 11 is 0. The molecule has 1 N–H and O–H groups in total. The minimum absolute atomic E-state index is 0.0758. The Morgan fingerprint density at radius 2 is 1.54 bits per heavy atom. The summed E-state index contributed by atoms with van der Waals surface area (Å²) in [5.74, 6) is 1.58. The van der Waals surface area contributed by atoms with Crippen LogP contribution < -0.4 is 15.0 Å². The maximum absolute atomic E-state index is 13.1. The summed E-state index contributed by atoms with van der Waals surface area (Å²) in [5.41, 5.74) is 0.741. The van der Waals surface area contributed by atoms with Gasteiger partial charge in [-0.1, -0.05) is 57.2 Å². The van der Waals surface area contributed by atoms with Gasteiger partial charge in [-0.25, -0.2) is 0 Å². The van der Waals surface area contributed by atoms with Crippen molar-refractivity contribution in [1.82, 2.24) is 5.32 Å². The average molecular weight is 477 g/mol. The number of furan rings is 1. The average Bonchev–Trinajstić information content (AvgIpc) is 3.42. The highest BCUT2D eigenvalue weighted by molar-refractivity contribution is 6.04. The molecule has 0 unspecified atom stereocenters. The Labute approximate surface area is 208 Å². The van der Waals surface area contributed by atoms with E-state index in [0.717, 1.165) is 24.3 Å². The number of hydrogen-bond donors (Lipinski definition) is 1. The minimum Gasteiger partial charge on any atom is -0.459 e. The largest absolute Gasteiger partial charge is 0.459 e. The summed E-state index contributed by atoms with van der Waals surface area (Å²) in [5, 5.41) is 2.98. The van der Waals surface area contributed by atoms with E-state index in [-0.39, 0.29) is 17.6 Å². The molecule has 0 bridgehead atoms. The molecule has 2 aromatic carbocycles. The Morgan fingerprint density at radius 1 is 0.829 bits per heavy atom. The minimum atomic E-state index is -0.217. The van der Waals surface area contributed by atoms with E-state index in [1.54, 1.807) is 17.0 Å². The third-order valence-corrected chi connectivity index (χ3v) is 5.74. The van der Waals surface area contributed by atoms with E-state index in [0.29, 0.717) is 31.7 Å². The summed E-state index contributed by atoms with van der Waals surface area (Å²) in [6, 6.07) is 20.3. The van der Waals surface area contributed by atoms with E-state index in [9.17, 15) is 9.59 Å². The summed E-state index contributed by atoms with van der Waals surface area (Å²) < 4.78 is 11.2. The van der Waals surface area contributed by atoms with Gasteiger partial charge in [0.05, 0.1) is 6.26 Å². The molecule has 1 heterocycles. The molecule has 186 valence electrons. The van der Waals surface area contributed by atoms with Gasteiger partial charge in [-0.2, -0.15) is 0 Å². The molecule has 0 aliphatic carbocycles. The van der Waals surface area contributed by atoms with E-state index < -0.39 is 0 Å². The third kappa shape index (κ3) is 8.96. The number of carbonyl (C=O) groups is 2. The van der Waals surface area contributed by atoms with Gasteiger partial charge in [0, 0.05) is 25.2 Å². The molecule has 0 aliphatic rings. The number of unbranched alkanes of at least 4 members (excludes halogenated alkanes) is 5. The fourth-order valence-corrected chi connectivity index (χ4v) is 3.82. The van der Waals surface area contributed by atoms with Gasteiger partial charge in [0.1, 0.15) is 11.5 Å². The van der Waals surface area contributed by atoms with Gasteiger partial charge in [0.2, 0.25) is 5.91 Å². The molecule has 2 amide bonds. The molecule has 0 saturated heterocycles. The second-order valence-corrected chi connectivity index (χ2v) is 8.56. The van der Waals surface area contributed by atoms with Crippen molar-refractivity contribution >= 4 is 17.5 Å². The molecule has 0 fully saturated rings. The number of carbonyl (C=O) groups excluding carboxylic acids is 2. The molecule has 0 radical (unpaired) electrons. The third-order valence-electron chi connectivity index (χ3n) is 5.74. The van der Waals surface area contributed by atoms with Crippen molar-refractivity contribution in [2.75, 3.05) is 18.0 Å². The zero-order valence-corrected chi connectivity index (χ0v) is 20.6. The summed E-state index contributed by atoms with van der Waals surface area (Å²) in [7, 11) is 0. The second kappa shape index (κ2) is 14.7. The van der Waals surface area contributed by atoms with Crippen LogP contribution in [0, 0.1) is 0 Å². The van der Waals surface area contributed by atoms with E-state index in [2.05, 4.69) is 12.2 Å². The van der Waals surface area contributed by atoms with E-state index in [1.165, 1.54) is 31.9 Å². The van der Waals surface area contributed by atoms with Crippen LogP contribution in [0.2, 0.25) is 0 Å². The number of anilines is 1. The molecule has 0 spiro atoms. The van der Waals surface area contributed by atoms with Gasteiger partial charge >= 0.3 is 0 Å². The van der Waals surface area contributed by atoms with Gasteiger partial charge in [-0.15, -0.1) is 0 Å². The zero-order chi connectivity index (χ0) is 24.7. The molecule has 6 heteroatoms. The Bertz CT molecular complexity index is 1000. The van der Waals surface area contributed by atoms with Crippen LogP contribution in [0.4, 0.5) is 5.69 Å². The van der Waals surface area contributed by atoms with Crippen molar-refractivity contribution < 1.29 is 18.7 Å². The molecule has 1 aromatic heterocycles. The fourth-order valence-electron chi connectivity index (χ4n) is 3.82. The van der Waals surface area contributed by atoms with Crippen LogP contribution in [-0.2, 0) is 4.79 Å². The van der Waals surface area contributed by atoms with Gasteiger partial charge < -0.3 is 19.4 Å². The first-order valence-electron chi connectivity index (χ1n) is 12.6. The zero-order valence-electron chi connectivity index (χ0n) is 20.6. The van der Waals surface area contributed by atoms with Crippen molar-refractivity contribution in [2.24, 2.45) is 0 Å². The van der Waals surface area contributed by atoms with Gasteiger partial charge in [-0.3, -0.25) is 9.59 Å². The van der Waals surface area contributed by atoms with Crippen LogP contribution in [0.3, 0.4) is 0 Å². The predicted molar refractivity (Wildman–Crippen MR) is 139 cm³/mol. The van der Waals surface area contributed by atoms with Crippen LogP contribution in [0.1, 0.15) is 68.8 Å². The first-order chi connectivity index (χ1) is 17.2. The van der Waals surface area contributed by atoms with Crippen LogP contribution >= 0.6 is 0 Å². The Morgan fingerprint density at radius 3 is 2.26 bits per heavy atom. The second-order valence-electron chi connectivity index (χ2n) is 8.56. The summed E-state index contributed by atoms with van der Waals surface area (Å²) in [6.07, 6.45) is 9.65. The first kappa shape index (κ1) is 26.1. The van der Waals surface area contributed by atoms with Crippen LogP contribution in [-0.4, -0.2) is 24.9 Å². The first-order valence-corrected chi connectivity index (χ1v) is 12.6. The van der Waals surface area contributed by atoms with Crippen LogP contribution in [0.15, 0.2) is 77.4 Å². The molecule has 6 nitrogen and oxygen atoms in total. The van der Waals surface area contributed by atoms with Crippen molar-refractivity contribution in [3.8, 4) is 11.5 Å². The standard InChI is InChI=1S/C29H36N2O4/c1-2-3-4-5-6-10-16-28(32)30-21-12-22-31(29(33)27-15-11-23-34-27)24-17-19-26(20-18-24)35-25-13-8-7-9-14-25/h7-9,11,13-15,17-20,23H,2-6,10,12,16,21-22H2,1H3,(H,30,32). The molecular formula is C29H36N2O4. The molecule has 3 aromatic rings. The molecule has 3 rings (SSSR count). The number of nitrogens with zero attached hydrogens (tertiary/aromatic N) is 1. The SMILES string of the molecule is CCCCCCCCC(=O)NCCCN(C(=O)c1ccco1)c1ccc(Oc2ccccc2)cc1. The highest BCUT2D eigenvalue weighted by Gasteiger charge is 2.20. The number of hydrogen-bond acceptors (Lipinski definition) is 4. The molecule has 0 atom stereocenters. The number of amides is 2. The number of ether oxygens (including phenoxy) is 1. The Kier molecular flexibility index (Phi) is 10.9. The highest BCUT2D eigenvalue weighted by atomic mass is 16.5. The maximum Gasteiger partial charge on any atom is 0.293 e. The normalized spacial score (nSPS) is 10.7. The number of para-hydroxylation sites is 1. The van der Waals surface area contributed by atoms with Crippen molar-refractivity contribution in [3.63, 3.8) is 0 Å². The Hall–Kier alpha value is -3.54. The lowest BCUT2D eigenvalue weighted by molar-refractivity contribution is -0.121. The Balaban J connectivity index is 1.51. The lowest BCUT2D eigenvalue weighted by atomic mass is 10.1. The van der Waals surface area contributed by atoms with Gasteiger partial charge in [0.15, 0.2) is 5.76 Å². The van der Waals surface area contributed by atoms with E-state index in [4.69, 9.17) is 9.15 Å². The number of nitrogens with one attached hydrogen (secondary N) is 1. The number of rotatable bonds is 15. The van der Waals surface area contributed by atoms with Gasteiger partial charge in [-0.05, 0) is 61.4 Å². The molecule has 0 aliphatic heterocycles. The predicted octanol–water partition coefficient (Wildman–Crippen LogP) is 6.98. The van der Waals surface area contributed by atoms with E-state index in [1.807, 2.05) is 54.6 Å². The molecule has 35 heavy (non-hydrogen) atoms. The monoisotopic (exact) mass is 476 g/mol. The van der Waals surface area contributed by atoms with Crippen molar-refractivity contribution in [3.05, 3.63) is 78.8 Å². The fraction of sp³-hybridized carbons (Fsp3) is 0.379. The van der Waals surface area contributed by atoms with E-state index >= 15 is 0 Å². The summed E-state index contributed by atoms with van der Waals surface area (Å²) in [6.45, 7) is 3.17. The van der Waals surface area contributed by atoms with Crippen molar-refractivity contribution in [1.29, 1.82) is 0 Å². The highest BCUT2D eigenvalue weighted by Crippen LogP contribution is 2.25. The smallest absolute Gasteiger partial charge is 0.293 e. The van der Waals surface area contributed by atoms with Crippen LogP contribution in [0.5, 0.6) is 11.5 Å². The lowest BCUT2D eigenvalue weighted by Crippen LogP contribution is -2.34. The van der Waals surface area contributed by atoms with Crippen LogP contribution in [0.25, 0.3) is 0 Å².